The molecule has 0 saturated heterocycles. The normalized spacial score (nSPS) is 11.4. The second-order valence-electron chi connectivity index (χ2n) is 3.74. The smallest absolute Gasteiger partial charge is 0.230 e. The van der Waals surface area contributed by atoms with Crippen molar-refractivity contribution in [2.24, 2.45) is 5.73 Å². The Hall–Kier alpha value is -2.05. The van der Waals surface area contributed by atoms with Gasteiger partial charge in [-0.15, -0.1) is 0 Å². The first kappa shape index (κ1) is 14.0. The van der Waals surface area contributed by atoms with Crippen molar-refractivity contribution in [1.29, 1.82) is 5.26 Å². The van der Waals surface area contributed by atoms with Crippen molar-refractivity contribution in [2.75, 3.05) is 0 Å². The maximum absolute atomic E-state index is 11.0. The van der Waals surface area contributed by atoms with Crippen LogP contribution >= 0.6 is 11.8 Å². The van der Waals surface area contributed by atoms with Gasteiger partial charge < -0.3 is 5.73 Å². The number of hydrogen-bond donors (Lipinski definition) is 1. The Morgan fingerprint density at radius 2 is 2.22 bits per heavy atom. The molecule has 0 aliphatic heterocycles. The Morgan fingerprint density at radius 3 is 2.67 bits per heavy atom. The molecule has 5 nitrogen and oxygen atoms in total. The minimum absolute atomic E-state index is 0.338. The summed E-state index contributed by atoms with van der Waals surface area (Å²) in [6.45, 7) is 12.1. The van der Waals surface area contributed by atoms with E-state index < -0.39 is 11.2 Å². The molecule has 0 aromatic carbocycles. The predicted molar refractivity (Wildman–Crippen MR) is 69.2 cm³/mol. The number of nitriles is 1. The third kappa shape index (κ3) is 2.61. The lowest BCUT2D eigenvalue weighted by atomic mass is 10.1. The van der Waals surface area contributed by atoms with E-state index in [0.717, 1.165) is 11.8 Å². The Labute approximate surface area is 110 Å². The van der Waals surface area contributed by atoms with E-state index >= 15 is 0 Å². The highest BCUT2D eigenvalue weighted by atomic mass is 32.2. The molecule has 0 fully saturated rings. The van der Waals surface area contributed by atoms with Crippen LogP contribution in [0.2, 0.25) is 0 Å². The van der Waals surface area contributed by atoms with Crippen LogP contribution in [0.25, 0.3) is 4.85 Å². The fraction of sp³-hybridized carbons (Fsp3) is 0.333. The zero-order valence-electron chi connectivity index (χ0n) is 10.3. The Kier molecular flexibility index (Phi) is 4.30. The molecule has 1 rings (SSSR count). The molecule has 18 heavy (non-hydrogen) atoms. The highest BCUT2D eigenvalue weighted by Gasteiger charge is 2.19. The number of rotatable bonds is 3. The quantitative estimate of drug-likeness (QED) is 0.666. The van der Waals surface area contributed by atoms with Gasteiger partial charge in [0.05, 0.1) is 17.4 Å². The fourth-order valence-corrected chi connectivity index (χ4v) is 2.38. The maximum Gasteiger partial charge on any atom is 0.230 e. The number of pyridine rings is 1. The molecule has 1 aromatic heterocycles. The van der Waals surface area contributed by atoms with Crippen LogP contribution in [0.3, 0.4) is 0 Å². The van der Waals surface area contributed by atoms with Crippen molar-refractivity contribution in [3.63, 3.8) is 0 Å². The Morgan fingerprint density at radius 1 is 1.61 bits per heavy atom. The Balaban J connectivity index is 3.35. The van der Waals surface area contributed by atoms with Gasteiger partial charge in [0.15, 0.2) is 0 Å². The molecule has 0 aliphatic rings. The van der Waals surface area contributed by atoms with Gasteiger partial charge in [-0.05, 0) is 26.3 Å². The van der Waals surface area contributed by atoms with Crippen molar-refractivity contribution in [3.8, 4) is 6.07 Å². The van der Waals surface area contributed by atoms with E-state index in [1.807, 2.05) is 6.07 Å². The first-order valence-electron chi connectivity index (χ1n) is 5.17. The summed E-state index contributed by atoms with van der Waals surface area (Å²) in [6.07, 6.45) is 0. The molecule has 1 amide bonds. The number of primary amides is 1. The van der Waals surface area contributed by atoms with Gasteiger partial charge in [-0.2, -0.15) is 5.26 Å². The summed E-state index contributed by atoms with van der Waals surface area (Å²) >= 11 is 1.14. The standard InChI is InChI=1S/C12H12N4OS/c1-6-9(5-13)12(18-8(3)11(14)17)16-7(2)10(6)15-4/h8H,1-3H3,(H2,14,17). The van der Waals surface area contributed by atoms with Crippen molar-refractivity contribution in [3.05, 3.63) is 28.2 Å². The summed E-state index contributed by atoms with van der Waals surface area (Å²) in [7, 11) is 0. The molecule has 1 heterocycles. The monoisotopic (exact) mass is 260 g/mol. The fourth-order valence-electron chi connectivity index (χ4n) is 1.42. The number of carbonyl (C=O) groups is 1. The Bertz CT molecular complexity index is 583. The van der Waals surface area contributed by atoms with Gasteiger partial charge in [0.1, 0.15) is 11.1 Å². The third-order valence-electron chi connectivity index (χ3n) is 2.47. The molecular formula is C12H12N4OS. The van der Waals surface area contributed by atoms with Gasteiger partial charge in [-0.25, -0.2) is 4.85 Å². The van der Waals surface area contributed by atoms with Crippen LogP contribution in [0.4, 0.5) is 5.69 Å². The lowest BCUT2D eigenvalue weighted by Gasteiger charge is -2.12. The summed E-state index contributed by atoms with van der Waals surface area (Å²) in [4.78, 5) is 18.6. The second kappa shape index (κ2) is 5.52. The lowest BCUT2D eigenvalue weighted by Crippen LogP contribution is -2.22. The number of aromatic nitrogens is 1. The van der Waals surface area contributed by atoms with Gasteiger partial charge in [-0.1, -0.05) is 11.8 Å². The third-order valence-corrected chi connectivity index (χ3v) is 3.57. The van der Waals surface area contributed by atoms with E-state index in [1.54, 1.807) is 20.8 Å². The van der Waals surface area contributed by atoms with Gasteiger partial charge in [-0.3, -0.25) is 9.78 Å². The first-order valence-corrected chi connectivity index (χ1v) is 6.05. The van der Waals surface area contributed by atoms with E-state index in [-0.39, 0.29) is 0 Å². The average molecular weight is 260 g/mol. The number of thioether (sulfide) groups is 1. The average Bonchev–Trinajstić information content (AvgIpc) is 2.29. The molecule has 1 unspecified atom stereocenters. The largest absolute Gasteiger partial charge is 0.369 e. The van der Waals surface area contributed by atoms with Crippen LogP contribution in [0.1, 0.15) is 23.7 Å². The highest BCUT2D eigenvalue weighted by molar-refractivity contribution is 8.00. The predicted octanol–water partition coefficient (Wildman–Crippen LogP) is 2.09. The number of nitrogens with zero attached hydrogens (tertiary/aromatic N) is 3. The van der Waals surface area contributed by atoms with Crippen molar-refractivity contribution in [1.82, 2.24) is 4.98 Å². The molecular weight excluding hydrogens is 248 g/mol. The van der Waals surface area contributed by atoms with Crippen LogP contribution in [0, 0.1) is 31.8 Å². The summed E-state index contributed by atoms with van der Waals surface area (Å²) in [5.41, 5.74) is 7.07. The van der Waals surface area contributed by atoms with E-state index in [4.69, 9.17) is 17.6 Å². The highest BCUT2D eigenvalue weighted by Crippen LogP contribution is 2.33. The molecule has 0 bridgehead atoms. The molecule has 0 aliphatic carbocycles. The molecule has 0 saturated carbocycles. The minimum Gasteiger partial charge on any atom is -0.369 e. The van der Waals surface area contributed by atoms with Crippen LogP contribution in [-0.2, 0) is 4.79 Å². The second-order valence-corrected chi connectivity index (χ2v) is 5.07. The summed E-state index contributed by atoms with van der Waals surface area (Å²) in [5.74, 6) is -0.463. The summed E-state index contributed by atoms with van der Waals surface area (Å²) in [5, 5.41) is 9.12. The summed E-state index contributed by atoms with van der Waals surface area (Å²) in [6, 6.07) is 2.03. The molecule has 92 valence electrons. The maximum atomic E-state index is 11.0. The molecule has 2 N–H and O–H groups in total. The van der Waals surface area contributed by atoms with Crippen molar-refractivity contribution < 1.29 is 4.79 Å². The topological polar surface area (TPSA) is 84.1 Å². The number of nitrogens with two attached hydrogens (primary N) is 1. The number of amides is 1. The number of aryl methyl sites for hydroxylation is 1. The van der Waals surface area contributed by atoms with Crippen LogP contribution in [0.15, 0.2) is 5.03 Å². The van der Waals surface area contributed by atoms with E-state index in [9.17, 15) is 4.79 Å². The number of carbonyl (C=O) groups excluding carboxylic acids is 1. The molecule has 0 radical (unpaired) electrons. The molecule has 1 atom stereocenters. The van der Waals surface area contributed by atoms with Gasteiger partial charge >= 0.3 is 0 Å². The van der Waals surface area contributed by atoms with Crippen molar-refractivity contribution in [2.45, 2.75) is 31.0 Å². The first-order chi connectivity index (χ1) is 8.42. The zero-order valence-corrected chi connectivity index (χ0v) is 11.1. The molecule has 0 spiro atoms. The van der Waals surface area contributed by atoms with Crippen molar-refractivity contribution >= 4 is 23.4 Å². The minimum atomic E-state index is -0.470. The number of hydrogen-bond acceptors (Lipinski definition) is 4. The van der Waals surface area contributed by atoms with Gasteiger partial charge in [0.25, 0.3) is 0 Å². The van der Waals surface area contributed by atoms with E-state index in [1.165, 1.54) is 0 Å². The van der Waals surface area contributed by atoms with Crippen LogP contribution in [-0.4, -0.2) is 16.1 Å². The van der Waals surface area contributed by atoms with E-state index in [2.05, 4.69) is 9.83 Å². The summed E-state index contributed by atoms with van der Waals surface area (Å²) < 4.78 is 0. The van der Waals surface area contributed by atoms with Crippen LogP contribution in [0.5, 0.6) is 0 Å². The lowest BCUT2D eigenvalue weighted by molar-refractivity contribution is -0.117. The molecule has 6 heteroatoms. The van der Waals surface area contributed by atoms with Gasteiger partial charge in [0.2, 0.25) is 11.6 Å². The molecule has 1 aromatic rings. The SMILES string of the molecule is [C-]#[N+]c1c(C)nc(SC(C)C(N)=O)c(C#N)c1C. The van der Waals surface area contributed by atoms with Gasteiger partial charge in [0, 0.05) is 5.69 Å². The van der Waals surface area contributed by atoms with Crippen LogP contribution < -0.4 is 5.73 Å². The zero-order chi connectivity index (χ0) is 13.9. The van der Waals surface area contributed by atoms with E-state index in [0.29, 0.717) is 27.5 Å².